The molecule has 0 aromatic heterocycles. The Hall–Kier alpha value is -1.43. The zero-order valence-electron chi connectivity index (χ0n) is 13.8. The third-order valence-corrected chi connectivity index (χ3v) is 7.17. The summed E-state index contributed by atoms with van der Waals surface area (Å²) >= 11 is 0. The summed E-state index contributed by atoms with van der Waals surface area (Å²) in [4.78, 5) is 2.43. The van der Waals surface area contributed by atoms with E-state index in [1.54, 1.807) is 0 Å². The van der Waals surface area contributed by atoms with E-state index in [0.717, 1.165) is 45.3 Å². The number of rotatable bonds is 5. The summed E-state index contributed by atoms with van der Waals surface area (Å²) in [5.74, 6) is 0. The van der Waals surface area contributed by atoms with Gasteiger partial charge in [0.2, 0.25) is 10.0 Å². The van der Waals surface area contributed by atoms with E-state index >= 15 is 0 Å². The van der Waals surface area contributed by atoms with Crippen LogP contribution in [0.3, 0.4) is 0 Å². The lowest BCUT2D eigenvalue weighted by Gasteiger charge is -2.32. The molecule has 0 bridgehead atoms. The highest BCUT2D eigenvalue weighted by Gasteiger charge is 2.37. The minimum absolute atomic E-state index is 0.111. The van der Waals surface area contributed by atoms with Crippen molar-refractivity contribution in [1.82, 2.24) is 9.62 Å². The Bertz CT molecular complexity index is 817. The van der Waals surface area contributed by atoms with Gasteiger partial charge in [0.1, 0.15) is 0 Å². The molecule has 24 heavy (non-hydrogen) atoms. The van der Waals surface area contributed by atoms with E-state index in [0.29, 0.717) is 0 Å². The molecule has 1 saturated heterocycles. The van der Waals surface area contributed by atoms with Crippen molar-refractivity contribution in [3.05, 3.63) is 48.0 Å². The van der Waals surface area contributed by atoms with Crippen LogP contribution in [-0.2, 0) is 16.6 Å². The summed E-state index contributed by atoms with van der Waals surface area (Å²) < 4.78 is 27.0. The summed E-state index contributed by atoms with van der Waals surface area (Å²) in [7, 11) is -3.06. The predicted molar refractivity (Wildman–Crippen MR) is 97.3 cm³/mol. The zero-order chi connectivity index (χ0) is 16.6. The topological polar surface area (TPSA) is 49.4 Å². The van der Waals surface area contributed by atoms with Gasteiger partial charge in [0.05, 0.1) is 5.25 Å². The number of fused-ring (bicyclic) bond motifs is 1. The number of benzene rings is 2. The molecule has 2 aromatic carbocycles. The second-order valence-electron chi connectivity index (χ2n) is 7.05. The Morgan fingerprint density at radius 1 is 0.958 bits per heavy atom. The lowest BCUT2D eigenvalue weighted by molar-refractivity contribution is 0.200. The summed E-state index contributed by atoms with van der Waals surface area (Å²) in [6, 6.07) is 15.1. The van der Waals surface area contributed by atoms with Crippen molar-refractivity contribution in [3.8, 4) is 0 Å². The number of nitrogens with one attached hydrogen (secondary N) is 1. The molecule has 0 spiro atoms. The number of sulfonamides is 1. The van der Waals surface area contributed by atoms with Crippen LogP contribution in [0.15, 0.2) is 42.5 Å². The molecule has 1 aliphatic carbocycles. The fourth-order valence-electron chi connectivity index (χ4n) is 3.59. The van der Waals surface area contributed by atoms with Gasteiger partial charge < -0.3 is 0 Å². The molecular weight excluding hydrogens is 320 g/mol. The molecule has 0 amide bonds. The van der Waals surface area contributed by atoms with Gasteiger partial charge in [0.25, 0.3) is 0 Å². The molecule has 0 unspecified atom stereocenters. The van der Waals surface area contributed by atoms with Crippen molar-refractivity contribution < 1.29 is 8.42 Å². The molecule has 128 valence electrons. The maximum Gasteiger partial charge on any atom is 0.214 e. The van der Waals surface area contributed by atoms with Crippen LogP contribution in [0.1, 0.15) is 31.2 Å². The molecule has 1 N–H and O–H groups in total. The third-order valence-electron chi connectivity index (χ3n) is 5.16. The van der Waals surface area contributed by atoms with Gasteiger partial charge in [-0.1, -0.05) is 42.5 Å². The first kappa shape index (κ1) is 16.1. The van der Waals surface area contributed by atoms with Crippen LogP contribution in [0.5, 0.6) is 0 Å². The molecule has 1 heterocycles. The maximum absolute atomic E-state index is 12.1. The van der Waals surface area contributed by atoms with Gasteiger partial charge >= 0.3 is 0 Å². The van der Waals surface area contributed by atoms with E-state index in [4.69, 9.17) is 0 Å². The van der Waals surface area contributed by atoms with Gasteiger partial charge in [-0.25, -0.2) is 13.1 Å². The lowest BCUT2D eigenvalue weighted by atomic mass is 10.0. The van der Waals surface area contributed by atoms with Gasteiger partial charge in [0.15, 0.2) is 0 Å². The standard InChI is InChI=1S/C19H24N2O2S/c22-24(23,18-8-9-18)20-17-10-12-21(13-11-17)14-16-6-3-5-15-4-1-2-7-19(15)16/h1-7,17-18,20H,8-14H2. The Morgan fingerprint density at radius 3 is 2.42 bits per heavy atom. The molecule has 4 nitrogen and oxygen atoms in total. The van der Waals surface area contributed by atoms with Crippen molar-refractivity contribution in [2.24, 2.45) is 0 Å². The van der Waals surface area contributed by atoms with Crippen LogP contribution in [-0.4, -0.2) is 37.7 Å². The van der Waals surface area contributed by atoms with Crippen molar-refractivity contribution in [2.75, 3.05) is 13.1 Å². The normalized spacial score (nSPS) is 20.5. The molecule has 0 radical (unpaired) electrons. The Balaban J connectivity index is 1.37. The van der Waals surface area contributed by atoms with Crippen molar-refractivity contribution >= 4 is 20.8 Å². The molecule has 0 atom stereocenters. The van der Waals surface area contributed by atoms with Crippen molar-refractivity contribution in [3.63, 3.8) is 0 Å². The molecular formula is C19H24N2O2S. The molecule has 4 rings (SSSR count). The molecule has 1 saturated carbocycles. The first-order valence-corrected chi connectivity index (χ1v) is 10.4. The highest BCUT2D eigenvalue weighted by atomic mass is 32.2. The van der Waals surface area contributed by atoms with Gasteiger partial charge in [0, 0.05) is 25.7 Å². The smallest absolute Gasteiger partial charge is 0.214 e. The number of nitrogens with zero attached hydrogens (tertiary/aromatic N) is 1. The number of piperidine rings is 1. The summed E-state index contributed by atoms with van der Waals surface area (Å²) in [6.45, 7) is 2.82. The summed E-state index contributed by atoms with van der Waals surface area (Å²) in [5, 5.41) is 2.48. The van der Waals surface area contributed by atoms with Crippen LogP contribution in [0.4, 0.5) is 0 Å². The number of likely N-dealkylation sites (tertiary alicyclic amines) is 1. The quantitative estimate of drug-likeness (QED) is 0.907. The molecule has 2 fully saturated rings. The molecule has 2 aromatic rings. The van der Waals surface area contributed by atoms with Crippen LogP contribution < -0.4 is 4.72 Å². The molecule has 1 aliphatic heterocycles. The fourth-order valence-corrected chi connectivity index (χ4v) is 5.24. The Morgan fingerprint density at radius 2 is 1.67 bits per heavy atom. The van der Waals surface area contributed by atoms with E-state index < -0.39 is 10.0 Å². The first-order chi connectivity index (χ1) is 11.6. The van der Waals surface area contributed by atoms with Crippen LogP contribution in [0, 0.1) is 0 Å². The minimum Gasteiger partial charge on any atom is -0.299 e. The number of hydrogen-bond acceptors (Lipinski definition) is 3. The van der Waals surface area contributed by atoms with Gasteiger partial charge in [-0.3, -0.25) is 4.90 Å². The second-order valence-corrected chi connectivity index (χ2v) is 9.04. The van der Waals surface area contributed by atoms with E-state index in [-0.39, 0.29) is 11.3 Å². The average Bonchev–Trinajstić information content (AvgIpc) is 3.42. The summed E-state index contributed by atoms with van der Waals surface area (Å²) in [5.41, 5.74) is 1.35. The lowest BCUT2D eigenvalue weighted by Crippen LogP contribution is -2.45. The van der Waals surface area contributed by atoms with E-state index in [1.807, 2.05) is 0 Å². The monoisotopic (exact) mass is 344 g/mol. The van der Waals surface area contributed by atoms with E-state index in [9.17, 15) is 8.42 Å². The Kier molecular flexibility index (Phi) is 4.33. The van der Waals surface area contributed by atoms with Gasteiger partial charge in [-0.05, 0) is 42.0 Å². The first-order valence-electron chi connectivity index (χ1n) is 8.82. The third kappa shape index (κ3) is 3.48. The number of hydrogen-bond donors (Lipinski definition) is 1. The Labute approximate surface area is 143 Å². The SMILES string of the molecule is O=S(=O)(NC1CCN(Cc2cccc3ccccc23)CC1)C1CC1. The van der Waals surface area contributed by atoms with E-state index in [2.05, 4.69) is 52.1 Å². The largest absolute Gasteiger partial charge is 0.299 e. The van der Waals surface area contributed by atoms with Crippen LogP contribution in [0.25, 0.3) is 10.8 Å². The highest BCUT2D eigenvalue weighted by Crippen LogP contribution is 2.28. The van der Waals surface area contributed by atoms with Crippen molar-refractivity contribution in [1.29, 1.82) is 0 Å². The molecule has 2 aliphatic rings. The van der Waals surface area contributed by atoms with Crippen LogP contribution in [0.2, 0.25) is 0 Å². The van der Waals surface area contributed by atoms with E-state index in [1.165, 1.54) is 16.3 Å². The zero-order valence-corrected chi connectivity index (χ0v) is 14.6. The second kappa shape index (κ2) is 6.47. The van der Waals surface area contributed by atoms with Gasteiger partial charge in [-0.2, -0.15) is 0 Å². The average molecular weight is 344 g/mol. The molecule has 5 heteroatoms. The summed E-state index contributed by atoms with van der Waals surface area (Å²) in [6.07, 6.45) is 3.46. The van der Waals surface area contributed by atoms with Gasteiger partial charge in [-0.15, -0.1) is 0 Å². The van der Waals surface area contributed by atoms with Crippen molar-refractivity contribution in [2.45, 2.75) is 43.5 Å². The predicted octanol–water partition coefficient (Wildman–Crippen LogP) is 2.89. The fraction of sp³-hybridized carbons (Fsp3) is 0.474. The van der Waals surface area contributed by atoms with Crippen LogP contribution >= 0.6 is 0 Å². The highest BCUT2D eigenvalue weighted by molar-refractivity contribution is 7.90. The maximum atomic E-state index is 12.1. The minimum atomic E-state index is -3.06.